The molecule has 9 heteroatoms. The third kappa shape index (κ3) is 6.32. The number of nitrogens with zero attached hydrogens (tertiary/aromatic N) is 5. The molecular formula is C29H40N6O3. The molecule has 1 amide bonds. The van der Waals surface area contributed by atoms with Crippen molar-refractivity contribution >= 4 is 22.6 Å². The van der Waals surface area contributed by atoms with Gasteiger partial charge in [-0.15, -0.1) is 0 Å². The van der Waals surface area contributed by atoms with E-state index in [4.69, 9.17) is 14.7 Å². The van der Waals surface area contributed by atoms with Crippen molar-refractivity contribution in [2.45, 2.75) is 53.1 Å². The van der Waals surface area contributed by atoms with Gasteiger partial charge in [-0.3, -0.25) is 14.2 Å². The van der Waals surface area contributed by atoms with Crippen LogP contribution in [-0.2, 0) is 11.3 Å². The number of rotatable bonds is 10. The monoisotopic (exact) mass is 520 g/mol. The second-order valence-corrected chi connectivity index (χ2v) is 10.3. The number of methoxy groups -OCH3 is 1. The SMILES string of the molecule is CCN(CC)CC1CCCN(c2cc3c(=O)n(CC(=O)NC(C)C)c(-c4cccc(OC)c4)nc3cn2)C1. The molecule has 1 aromatic carbocycles. The molecule has 38 heavy (non-hydrogen) atoms. The van der Waals surface area contributed by atoms with Gasteiger partial charge in [0.15, 0.2) is 0 Å². The first-order valence-electron chi connectivity index (χ1n) is 13.6. The highest BCUT2D eigenvalue weighted by Crippen LogP contribution is 2.26. The Morgan fingerprint density at radius 1 is 1.24 bits per heavy atom. The number of pyridine rings is 1. The average molecular weight is 521 g/mol. The third-order valence-corrected chi connectivity index (χ3v) is 7.16. The smallest absolute Gasteiger partial charge is 0.262 e. The van der Waals surface area contributed by atoms with Gasteiger partial charge in [0.2, 0.25) is 5.91 Å². The largest absolute Gasteiger partial charge is 0.497 e. The number of ether oxygens (including phenoxy) is 1. The number of hydrogen-bond acceptors (Lipinski definition) is 7. The molecule has 0 saturated carbocycles. The Labute approximate surface area is 224 Å². The number of anilines is 1. The summed E-state index contributed by atoms with van der Waals surface area (Å²) in [7, 11) is 1.59. The molecule has 1 aliphatic rings. The van der Waals surface area contributed by atoms with E-state index in [1.165, 1.54) is 11.0 Å². The zero-order valence-corrected chi connectivity index (χ0v) is 23.2. The fourth-order valence-corrected chi connectivity index (χ4v) is 5.20. The van der Waals surface area contributed by atoms with Crippen LogP contribution in [0.2, 0.25) is 0 Å². The lowest BCUT2D eigenvalue weighted by Gasteiger charge is -2.36. The van der Waals surface area contributed by atoms with Crippen LogP contribution in [0.4, 0.5) is 5.82 Å². The van der Waals surface area contributed by atoms with E-state index in [-0.39, 0.29) is 24.1 Å². The van der Waals surface area contributed by atoms with Gasteiger partial charge in [0.1, 0.15) is 23.9 Å². The van der Waals surface area contributed by atoms with Gasteiger partial charge in [0.25, 0.3) is 5.56 Å². The lowest BCUT2D eigenvalue weighted by molar-refractivity contribution is -0.122. The molecule has 3 heterocycles. The van der Waals surface area contributed by atoms with Crippen molar-refractivity contribution in [3.05, 3.63) is 46.9 Å². The Balaban J connectivity index is 1.74. The number of nitrogens with one attached hydrogen (secondary N) is 1. The molecule has 1 fully saturated rings. The third-order valence-electron chi connectivity index (χ3n) is 7.16. The highest BCUT2D eigenvalue weighted by molar-refractivity contribution is 5.83. The molecule has 1 unspecified atom stereocenters. The quantitative estimate of drug-likeness (QED) is 0.437. The first kappa shape index (κ1) is 27.6. The summed E-state index contributed by atoms with van der Waals surface area (Å²) in [5, 5.41) is 3.35. The zero-order valence-electron chi connectivity index (χ0n) is 23.2. The van der Waals surface area contributed by atoms with E-state index >= 15 is 0 Å². The molecule has 0 aliphatic carbocycles. The van der Waals surface area contributed by atoms with E-state index < -0.39 is 0 Å². The number of fused-ring (bicyclic) bond motifs is 1. The van der Waals surface area contributed by atoms with Crippen molar-refractivity contribution in [2.24, 2.45) is 5.92 Å². The number of hydrogen-bond donors (Lipinski definition) is 1. The van der Waals surface area contributed by atoms with Crippen molar-refractivity contribution < 1.29 is 9.53 Å². The molecule has 204 valence electrons. The van der Waals surface area contributed by atoms with Crippen LogP contribution >= 0.6 is 0 Å². The molecular weight excluding hydrogens is 480 g/mol. The summed E-state index contributed by atoms with van der Waals surface area (Å²) in [6.07, 6.45) is 3.98. The number of carbonyl (C=O) groups is 1. The van der Waals surface area contributed by atoms with Crippen LogP contribution < -0.4 is 20.5 Å². The molecule has 0 bridgehead atoms. The minimum atomic E-state index is -0.257. The molecule has 0 spiro atoms. The molecule has 3 aromatic rings. The van der Waals surface area contributed by atoms with Crippen molar-refractivity contribution in [1.29, 1.82) is 0 Å². The number of benzene rings is 1. The van der Waals surface area contributed by atoms with Crippen LogP contribution in [0.25, 0.3) is 22.3 Å². The average Bonchev–Trinajstić information content (AvgIpc) is 2.92. The normalized spacial score (nSPS) is 15.9. The predicted octanol–water partition coefficient (Wildman–Crippen LogP) is 3.55. The molecule has 2 aromatic heterocycles. The van der Waals surface area contributed by atoms with E-state index in [9.17, 15) is 9.59 Å². The van der Waals surface area contributed by atoms with Crippen molar-refractivity contribution in [3.8, 4) is 17.1 Å². The van der Waals surface area contributed by atoms with E-state index in [0.717, 1.165) is 45.0 Å². The van der Waals surface area contributed by atoms with Crippen molar-refractivity contribution in [3.63, 3.8) is 0 Å². The number of carbonyl (C=O) groups excluding carboxylic acids is 1. The Bertz CT molecular complexity index is 1320. The summed E-state index contributed by atoms with van der Waals surface area (Å²) < 4.78 is 6.84. The molecule has 1 aliphatic heterocycles. The molecule has 1 saturated heterocycles. The summed E-state index contributed by atoms with van der Waals surface area (Å²) in [5.41, 5.74) is 0.945. The van der Waals surface area contributed by atoms with Crippen LogP contribution in [0, 0.1) is 5.92 Å². The summed E-state index contributed by atoms with van der Waals surface area (Å²) in [6.45, 7) is 13.1. The molecule has 9 nitrogen and oxygen atoms in total. The Hall–Kier alpha value is -3.46. The number of amides is 1. The van der Waals surface area contributed by atoms with E-state index in [1.807, 2.05) is 44.2 Å². The van der Waals surface area contributed by atoms with Crippen LogP contribution in [-0.4, -0.2) is 71.2 Å². The van der Waals surface area contributed by atoms with Gasteiger partial charge in [-0.1, -0.05) is 26.0 Å². The minimum absolute atomic E-state index is 0.0360. The van der Waals surface area contributed by atoms with Crippen LogP contribution in [0.1, 0.15) is 40.5 Å². The Morgan fingerprint density at radius 3 is 2.74 bits per heavy atom. The number of piperidine rings is 1. The van der Waals surface area contributed by atoms with E-state index in [2.05, 4.69) is 29.0 Å². The van der Waals surface area contributed by atoms with E-state index in [1.54, 1.807) is 13.3 Å². The fraction of sp³-hybridized carbons (Fsp3) is 0.517. The van der Waals surface area contributed by atoms with Crippen LogP contribution in [0.3, 0.4) is 0 Å². The second kappa shape index (κ2) is 12.4. The highest BCUT2D eigenvalue weighted by Gasteiger charge is 2.24. The van der Waals surface area contributed by atoms with Gasteiger partial charge in [0.05, 0.1) is 24.2 Å². The first-order chi connectivity index (χ1) is 18.3. The van der Waals surface area contributed by atoms with Gasteiger partial charge in [-0.05, 0) is 63.9 Å². The van der Waals surface area contributed by atoms with Gasteiger partial charge in [0, 0.05) is 31.2 Å². The molecule has 1 atom stereocenters. The predicted molar refractivity (Wildman–Crippen MR) is 152 cm³/mol. The topological polar surface area (TPSA) is 92.6 Å². The van der Waals surface area contributed by atoms with Gasteiger partial charge < -0.3 is 19.9 Å². The van der Waals surface area contributed by atoms with Crippen LogP contribution in [0.5, 0.6) is 5.75 Å². The zero-order chi connectivity index (χ0) is 27.2. The number of aromatic nitrogens is 3. The Kier molecular flexibility index (Phi) is 8.99. The van der Waals surface area contributed by atoms with E-state index in [0.29, 0.717) is 34.0 Å². The van der Waals surface area contributed by atoms with Crippen molar-refractivity contribution in [2.75, 3.05) is 44.7 Å². The molecule has 1 N–H and O–H groups in total. The van der Waals surface area contributed by atoms with Gasteiger partial charge >= 0.3 is 0 Å². The fourth-order valence-electron chi connectivity index (χ4n) is 5.20. The maximum Gasteiger partial charge on any atom is 0.262 e. The summed E-state index contributed by atoms with van der Waals surface area (Å²) in [5.74, 6) is 2.16. The van der Waals surface area contributed by atoms with Gasteiger partial charge in [-0.25, -0.2) is 9.97 Å². The highest BCUT2D eigenvalue weighted by atomic mass is 16.5. The second-order valence-electron chi connectivity index (χ2n) is 10.3. The molecule has 0 radical (unpaired) electrons. The summed E-state index contributed by atoms with van der Waals surface area (Å²) in [4.78, 5) is 40.9. The van der Waals surface area contributed by atoms with Gasteiger partial charge in [-0.2, -0.15) is 0 Å². The molecule has 4 rings (SSSR count). The Morgan fingerprint density at radius 2 is 2.03 bits per heavy atom. The summed E-state index contributed by atoms with van der Waals surface area (Å²) >= 11 is 0. The van der Waals surface area contributed by atoms with Crippen LogP contribution in [0.15, 0.2) is 41.3 Å². The maximum atomic E-state index is 13.9. The first-order valence-corrected chi connectivity index (χ1v) is 13.6. The lowest BCUT2D eigenvalue weighted by atomic mass is 9.97. The summed E-state index contributed by atoms with van der Waals surface area (Å²) in [6, 6.07) is 9.16. The van der Waals surface area contributed by atoms with Crippen molar-refractivity contribution in [1.82, 2.24) is 24.8 Å². The standard InChI is InChI=1S/C29H40N6O3/c1-6-33(7-2)17-21-10-9-13-34(18-21)26-15-24-25(16-30-26)32-28(22-11-8-12-23(14-22)38-5)35(29(24)37)19-27(36)31-20(3)4/h8,11-12,14-16,20-21H,6-7,9-10,13,17-19H2,1-5H3,(H,31,36). The lowest BCUT2D eigenvalue weighted by Crippen LogP contribution is -2.41. The maximum absolute atomic E-state index is 13.9. The minimum Gasteiger partial charge on any atom is -0.497 e.